The van der Waals surface area contributed by atoms with Gasteiger partial charge in [0.05, 0.1) is 11.0 Å². The number of rotatable bonds is 2. The molecule has 1 N–H and O–H groups in total. The van der Waals surface area contributed by atoms with Crippen LogP contribution in [-0.4, -0.2) is 21.5 Å². The molecular formula is C14H16ClN3O. The van der Waals surface area contributed by atoms with E-state index in [0.717, 1.165) is 23.9 Å². The molecule has 5 heteroatoms. The molecule has 1 aliphatic carbocycles. The highest BCUT2D eigenvalue weighted by Gasteiger charge is 2.18. The third-order valence-electron chi connectivity index (χ3n) is 3.78. The Labute approximate surface area is 116 Å². The van der Waals surface area contributed by atoms with Gasteiger partial charge >= 0.3 is 0 Å². The van der Waals surface area contributed by atoms with Crippen LogP contribution in [0.1, 0.15) is 36.0 Å². The zero-order valence-electron chi connectivity index (χ0n) is 10.8. The second-order valence-corrected chi connectivity index (χ2v) is 5.44. The van der Waals surface area contributed by atoms with Crippen LogP contribution in [0.25, 0.3) is 11.0 Å². The topological polar surface area (TPSA) is 46.9 Å². The average Bonchev–Trinajstić information content (AvgIpc) is 2.99. The van der Waals surface area contributed by atoms with Gasteiger partial charge in [-0.15, -0.1) is 0 Å². The summed E-state index contributed by atoms with van der Waals surface area (Å²) in [5.74, 6) is -0.00822. The fraction of sp³-hybridized carbons (Fsp3) is 0.429. The number of imidazole rings is 1. The number of benzene rings is 1. The first-order valence-electron chi connectivity index (χ1n) is 6.58. The van der Waals surface area contributed by atoms with Crippen LogP contribution in [0.3, 0.4) is 0 Å². The number of aromatic nitrogens is 2. The Morgan fingerprint density at radius 2 is 2.16 bits per heavy atom. The maximum absolute atomic E-state index is 12.2. The first-order chi connectivity index (χ1) is 9.15. The predicted molar refractivity (Wildman–Crippen MR) is 75.4 cm³/mol. The predicted octanol–water partition coefficient (Wildman–Crippen LogP) is 2.90. The van der Waals surface area contributed by atoms with Crippen LogP contribution in [0.5, 0.6) is 0 Å². The first-order valence-corrected chi connectivity index (χ1v) is 6.96. The maximum atomic E-state index is 12.2. The Kier molecular flexibility index (Phi) is 3.19. The molecule has 3 rings (SSSR count). The Balaban J connectivity index is 1.87. The summed E-state index contributed by atoms with van der Waals surface area (Å²) in [6.07, 6.45) is 4.60. The number of hydrogen-bond acceptors (Lipinski definition) is 2. The number of halogens is 1. The number of amides is 1. The van der Waals surface area contributed by atoms with Crippen molar-refractivity contribution in [2.45, 2.75) is 31.7 Å². The lowest BCUT2D eigenvalue weighted by atomic mass is 10.1. The molecule has 1 aromatic carbocycles. The number of carbonyl (C=O) groups excluding carboxylic acids is 1. The second kappa shape index (κ2) is 4.85. The van der Waals surface area contributed by atoms with Crippen molar-refractivity contribution in [1.29, 1.82) is 0 Å². The molecule has 4 nitrogen and oxygen atoms in total. The standard InChI is InChI=1S/C14H16ClN3O/c1-18-12-8-9(6-7-11(12)17-14(18)15)13(19)16-10-4-2-3-5-10/h6-8,10H,2-5H2,1H3,(H,16,19). The summed E-state index contributed by atoms with van der Waals surface area (Å²) in [6.45, 7) is 0. The quantitative estimate of drug-likeness (QED) is 0.917. The number of hydrogen-bond donors (Lipinski definition) is 1. The molecule has 1 heterocycles. The van der Waals surface area contributed by atoms with Crippen molar-refractivity contribution in [2.24, 2.45) is 7.05 Å². The van der Waals surface area contributed by atoms with E-state index in [1.165, 1.54) is 12.8 Å². The SMILES string of the molecule is Cn1c(Cl)nc2ccc(C(=O)NC3CCCC3)cc21. The largest absolute Gasteiger partial charge is 0.349 e. The maximum Gasteiger partial charge on any atom is 0.251 e. The minimum absolute atomic E-state index is 0.00822. The molecule has 0 aliphatic heterocycles. The van der Waals surface area contributed by atoms with Gasteiger partial charge in [0.2, 0.25) is 5.28 Å². The monoisotopic (exact) mass is 277 g/mol. The fourth-order valence-electron chi connectivity index (χ4n) is 2.64. The second-order valence-electron chi connectivity index (χ2n) is 5.10. The Morgan fingerprint density at radius 3 is 2.89 bits per heavy atom. The molecule has 1 saturated carbocycles. The van der Waals surface area contributed by atoms with Gasteiger partial charge in [0.1, 0.15) is 0 Å². The summed E-state index contributed by atoms with van der Waals surface area (Å²) in [7, 11) is 1.84. The molecule has 0 spiro atoms. The first kappa shape index (κ1) is 12.5. The smallest absolute Gasteiger partial charge is 0.251 e. The van der Waals surface area contributed by atoms with E-state index in [0.29, 0.717) is 16.9 Å². The third kappa shape index (κ3) is 2.32. The van der Waals surface area contributed by atoms with Gasteiger partial charge in [-0.1, -0.05) is 12.8 Å². The Bertz CT molecular complexity index is 629. The van der Waals surface area contributed by atoms with Crippen LogP contribution in [-0.2, 0) is 7.05 Å². The van der Waals surface area contributed by atoms with Crippen molar-refractivity contribution in [3.05, 3.63) is 29.0 Å². The normalized spacial score (nSPS) is 16.1. The van der Waals surface area contributed by atoms with E-state index in [4.69, 9.17) is 11.6 Å². The van der Waals surface area contributed by atoms with Gasteiger partial charge in [-0.2, -0.15) is 0 Å². The molecule has 1 aliphatic rings. The highest BCUT2D eigenvalue weighted by molar-refractivity contribution is 6.29. The highest BCUT2D eigenvalue weighted by Crippen LogP contribution is 2.21. The van der Waals surface area contributed by atoms with E-state index in [9.17, 15) is 4.79 Å². The van der Waals surface area contributed by atoms with Gasteiger partial charge in [-0.3, -0.25) is 4.79 Å². The van der Waals surface area contributed by atoms with Gasteiger partial charge in [0, 0.05) is 18.7 Å². The molecular weight excluding hydrogens is 262 g/mol. The van der Waals surface area contributed by atoms with Crippen molar-refractivity contribution in [1.82, 2.24) is 14.9 Å². The van der Waals surface area contributed by atoms with Gasteiger partial charge in [0.15, 0.2) is 0 Å². The summed E-state index contributed by atoms with van der Waals surface area (Å²) in [5.41, 5.74) is 2.35. The van der Waals surface area contributed by atoms with Gasteiger partial charge in [-0.25, -0.2) is 4.98 Å². The number of carbonyl (C=O) groups is 1. The lowest BCUT2D eigenvalue weighted by Gasteiger charge is -2.11. The van der Waals surface area contributed by atoms with E-state index in [1.54, 1.807) is 10.6 Å². The van der Waals surface area contributed by atoms with E-state index in [1.807, 2.05) is 19.2 Å². The van der Waals surface area contributed by atoms with Crippen LogP contribution in [0.2, 0.25) is 5.28 Å². The molecule has 0 radical (unpaired) electrons. The lowest BCUT2D eigenvalue weighted by molar-refractivity contribution is 0.0938. The molecule has 19 heavy (non-hydrogen) atoms. The van der Waals surface area contributed by atoms with Crippen LogP contribution in [0.15, 0.2) is 18.2 Å². The van der Waals surface area contributed by atoms with Crippen molar-refractivity contribution in [3.8, 4) is 0 Å². The highest BCUT2D eigenvalue weighted by atomic mass is 35.5. The molecule has 0 saturated heterocycles. The molecule has 0 atom stereocenters. The summed E-state index contributed by atoms with van der Waals surface area (Å²) in [4.78, 5) is 16.4. The fourth-order valence-corrected chi connectivity index (χ4v) is 2.82. The van der Waals surface area contributed by atoms with Gasteiger partial charge < -0.3 is 9.88 Å². The zero-order valence-corrected chi connectivity index (χ0v) is 11.6. The van der Waals surface area contributed by atoms with Gasteiger partial charge in [-0.05, 0) is 42.6 Å². The van der Waals surface area contributed by atoms with E-state index in [2.05, 4.69) is 10.3 Å². The molecule has 0 bridgehead atoms. The van der Waals surface area contributed by atoms with Gasteiger partial charge in [0.25, 0.3) is 5.91 Å². The summed E-state index contributed by atoms with van der Waals surface area (Å²) in [6, 6.07) is 5.82. The zero-order chi connectivity index (χ0) is 13.4. The van der Waals surface area contributed by atoms with Crippen molar-refractivity contribution < 1.29 is 4.79 Å². The van der Waals surface area contributed by atoms with E-state index in [-0.39, 0.29) is 5.91 Å². The molecule has 1 amide bonds. The minimum atomic E-state index is -0.00822. The Morgan fingerprint density at radius 1 is 1.42 bits per heavy atom. The number of nitrogens with one attached hydrogen (secondary N) is 1. The summed E-state index contributed by atoms with van der Waals surface area (Å²) in [5, 5.41) is 3.52. The summed E-state index contributed by atoms with van der Waals surface area (Å²) < 4.78 is 1.78. The van der Waals surface area contributed by atoms with Crippen LogP contribution in [0, 0.1) is 0 Å². The van der Waals surface area contributed by atoms with Crippen molar-refractivity contribution in [3.63, 3.8) is 0 Å². The van der Waals surface area contributed by atoms with E-state index >= 15 is 0 Å². The van der Waals surface area contributed by atoms with Crippen LogP contribution in [0.4, 0.5) is 0 Å². The molecule has 1 fully saturated rings. The summed E-state index contributed by atoms with van der Waals surface area (Å²) >= 11 is 5.97. The lowest BCUT2D eigenvalue weighted by Crippen LogP contribution is -2.32. The molecule has 2 aromatic rings. The van der Waals surface area contributed by atoms with Crippen molar-refractivity contribution in [2.75, 3.05) is 0 Å². The van der Waals surface area contributed by atoms with Crippen molar-refractivity contribution >= 4 is 28.5 Å². The van der Waals surface area contributed by atoms with Crippen LogP contribution >= 0.6 is 11.6 Å². The molecule has 1 aromatic heterocycles. The third-order valence-corrected chi connectivity index (χ3v) is 4.12. The number of fused-ring (bicyclic) bond motifs is 1. The average molecular weight is 278 g/mol. The molecule has 100 valence electrons. The number of nitrogens with zero attached hydrogens (tertiary/aromatic N) is 2. The minimum Gasteiger partial charge on any atom is -0.349 e. The van der Waals surface area contributed by atoms with Crippen LogP contribution < -0.4 is 5.32 Å². The molecule has 0 unspecified atom stereocenters. The number of aryl methyl sites for hydroxylation is 1. The Hall–Kier alpha value is -1.55. The van der Waals surface area contributed by atoms with E-state index < -0.39 is 0 Å².